The molecule has 1 amide bonds. The first-order chi connectivity index (χ1) is 8.34. The van der Waals surface area contributed by atoms with Gasteiger partial charge in [0.1, 0.15) is 6.10 Å². The fourth-order valence-corrected chi connectivity index (χ4v) is 2.76. The van der Waals surface area contributed by atoms with Gasteiger partial charge in [-0.25, -0.2) is 0 Å². The van der Waals surface area contributed by atoms with E-state index in [1.807, 2.05) is 35.2 Å². The summed E-state index contributed by atoms with van der Waals surface area (Å²) in [5.74, 6) is 0.183. The summed E-state index contributed by atoms with van der Waals surface area (Å²) >= 11 is 0. The fraction of sp³-hybridized carbons (Fsp3) is 0.500. The van der Waals surface area contributed by atoms with Crippen molar-refractivity contribution in [2.45, 2.75) is 31.4 Å². The van der Waals surface area contributed by atoms with Gasteiger partial charge in [-0.3, -0.25) is 4.79 Å². The lowest BCUT2D eigenvalue weighted by atomic mass is 10.1. The summed E-state index contributed by atoms with van der Waals surface area (Å²) in [7, 11) is 0. The molecule has 2 aliphatic heterocycles. The first-order valence-corrected chi connectivity index (χ1v) is 6.30. The molecule has 2 fully saturated rings. The van der Waals surface area contributed by atoms with Crippen LogP contribution in [-0.4, -0.2) is 36.1 Å². The number of hydrogen-bond donors (Lipinski definition) is 0. The van der Waals surface area contributed by atoms with Crippen molar-refractivity contribution in [3.05, 3.63) is 35.9 Å². The Labute approximate surface area is 101 Å². The van der Waals surface area contributed by atoms with Gasteiger partial charge >= 0.3 is 0 Å². The Bertz CT molecular complexity index is 404. The molecule has 0 unspecified atom stereocenters. The van der Waals surface area contributed by atoms with Crippen molar-refractivity contribution in [1.29, 1.82) is 0 Å². The largest absolute Gasteiger partial charge is 0.366 e. The average molecular weight is 231 g/mol. The van der Waals surface area contributed by atoms with Crippen LogP contribution in [0.5, 0.6) is 0 Å². The molecule has 0 aromatic heterocycles. The number of amides is 1. The molecule has 1 aromatic carbocycles. The van der Waals surface area contributed by atoms with Crippen molar-refractivity contribution in [2.24, 2.45) is 0 Å². The van der Waals surface area contributed by atoms with E-state index in [-0.39, 0.29) is 12.0 Å². The number of hydrogen-bond acceptors (Lipinski definition) is 2. The summed E-state index contributed by atoms with van der Waals surface area (Å²) in [5, 5.41) is 0. The molecule has 0 saturated carbocycles. The van der Waals surface area contributed by atoms with Crippen LogP contribution in [0.4, 0.5) is 0 Å². The number of fused-ring (bicyclic) bond motifs is 1. The van der Waals surface area contributed by atoms with Crippen LogP contribution in [0.2, 0.25) is 0 Å². The molecular formula is C14H17NO2. The lowest BCUT2D eigenvalue weighted by Crippen LogP contribution is -2.51. The monoisotopic (exact) mass is 231 g/mol. The van der Waals surface area contributed by atoms with E-state index in [0.717, 1.165) is 19.4 Å². The third kappa shape index (κ3) is 2.07. The molecule has 3 rings (SSSR count). The zero-order valence-corrected chi connectivity index (χ0v) is 9.84. The van der Waals surface area contributed by atoms with E-state index in [1.165, 1.54) is 5.56 Å². The third-order valence-corrected chi connectivity index (χ3v) is 3.69. The standard InChI is InChI=1S/C14H17NO2/c16-14-13(9-11-5-2-1-3-6-11)17-10-12-7-4-8-15(12)14/h1-3,5-6,12-13H,4,7-10H2/t12-,13-/m0/s1. The first kappa shape index (κ1) is 10.8. The second kappa shape index (κ2) is 4.49. The summed E-state index contributed by atoms with van der Waals surface area (Å²) in [6, 6.07) is 10.4. The Kier molecular flexibility index (Phi) is 2.85. The normalized spacial score (nSPS) is 28.2. The van der Waals surface area contributed by atoms with E-state index >= 15 is 0 Å². The van der Waals surface area contributed by atoms with E-state index in [9.17, 15) is 4.79 Å². The Morgan fingerprint density at radius 3 is 2.94 bits per heavy atom. The predicted octanol–water partition coefficient (Wildman–Crippen LogP) is 1.62. The molecule has 0 bridgehead atoms. The summed E-state index contributed by atoms with van der Waals surface area (Å²) in [6.07, 6.45) is 2.65. The topological polar surface area (TPSA) is 29.5 Å². The molecule has 0 aliphatic carbocycles. The fourth-order valence-electron chi connectivity index (χ4n) is 2.76. The van der Waals surface area contributed by atoms with Gasteiger partial charge in [-0.05, 0) is 18.4 Å². The first-order valence-electron chi connectivity index (χ1n) is 6.30. The molecule has 2 heterocycles. The molecule has 90 valence electrons. The zero-order chi connectivity index (χ0) is 11.7. The molecule has 0 radical (unpaired) electrons. The number of rotatable bonds is 2. The van der Waals surface area contributed by atoms with Crippen molar-refractivity contribution < 1.29 is 9.53 Å². The maximum atomic E-state index is 12.2. The summed E-state index contributed by atoms with van der Waals surface area (Å²) < 4.78 is 5.72. The van der Waals surface area contributed by atoms with Crippen LogP contribution in [0.1, 0.15) is 18.4 Å². The Hall–Kier alpha value is -1.35. The summed E-state index contributed by atoms with van der Waals surface area (Å²) in [5.41, 5.74) is 1.17. The van der Waals surface area contributed by atoms with Gasteiger partial charge in [0.25, 0.3) is 5.91 Å². The Morgan fingerprint density at radius 1 is 1.29 bits per heavy atom. The molecule has 1 aromatic rings. The highest BCUT2D eigenvalue weighted by Gasteiger charge is 2.38. The smallest absolute Gasteiger partial charge is 0.252 e. The molecule has 3 nitrogen and oxygen atoms in total. The molecule has 2 aliphatic rings. The van der Waals surface area contributed by atoms with Crippen molar-refractivity contribution in [3.8, 4) is 0 Å². The van der Waals surface area contributed by atoms with Gasteiger partial charge in [-0.1, -0.05) is 30.3 Å². The van der Waals surface area contributed by atoms with Crippen LogP contribution in [0.15, 0.2) is 30.3 Å². The minimum absolute atomic E-state index is 0.183. The summed E-state index contributed by atoms with van der Waals surface area (Å²) in [4.78, 5) is 14.2. The highest BCUT2D eigenvalue weighted by atomic mass is 16.5. The summed E-state index contributed by atoms with van der Waals surface area (Å²) in [6.45, 7) is 1.63. The lowest BCUT2D eigenvalue weighted by Gasteiger charge is -2.34. The molecular weight excluding hydrogens is 214 g/mol. The van der Waals surface area contributed by atoms with Crippen molar-refractivity contribution >= 4 is 5.91 Å². The van der Waals surface area contributed by atoms with Gasteiger partial charge in [0, 0.05) is 13.0 Å². The van der Waals surface area contributed by atoms with Gasteiger partial charge < -0.3 is 9.64 Å². The van der Waals surface area contributed by atoms with Crippen LogP contribution in [0, 0.1) is 0 Å². The predicted molar refractivity (Wildman–Crippen MR) is 64.6 cm³/mol. The molecule has 3 heteroatoms. The van der Waals surface area contributed by atoms with Gasteiger partial charge in [0.05, 0.1) is 12.6 Å². The van der Waals surface area contributed by atoms with Crippen molar-refractivity contribution in [2.75, 3.05) is 13.2 Å². The SMILES string of the molecule is O=C1[C@H](Cc2ccccc2)OC[C@@H]2CCCN12. The lowest BCUT2D eigenvalue weighted by molar-refractivity contribution is -0.156. The number of morpholine rings is 1. The molecule has 2 saturated heterocycles. The van der Waals surface area contributed by atoms with Crippen LogP contribution in [-0.2, 0) is 16.0 Å². The van der Waals surface area contributed by atoms with E-state index < -0.39 is 0 Å². The van der Waals surface area contributed by atoms with Crippen LogP contribution in [0.3, 0.4) is 0 Å². The number of carbonyl (C=O) groups excluding carboxylic acids is 1. The highest BCUT2D eigenvalue weighted by molar-refractivity contribution is 5.82. The Morgan fingerprint density at radius 2 is 2.12 bits per heavy atom. The zero-order valence-electron chi connectivity index (χ0n) is 9.84. The van der Waals surface area contributed by atoms with E-state index in [2.05, 4.69) is 0 Å². The van der Waals surface area contributed by atoms with Crippen LogP contribution < -0.4 is 0 Å². The van der Waals surface area contributed by atoms with Gasteiger partial charge in [-0.15, -0.1) is 0 Å². The third-order valence-electron chi connectivity index (χ3n) is 3.69. The van der Waals surface area contributed by atoms with Gasteiger partial charge in [-0.2, -0.15) is 0 Å². The maximum absolute atomic E-state index is 12.2. The van der Waals surface area contributed by atoms with E-state index in [4.69, 9.17) is 4.74 Å². The van der Waals surface area contributed by atoms with Gasteiger partial charge in [0.2, 0.25) is 0 Å². The minimum Gasteiger partial charge on any atom is -0.366 e. The van der Waals surface area contributed by atoms with E-state index in [1.54, 1.807) is 0 Å². The number of ether oxygens (including phenoxy) is 1. The average Bonchev–Trinajstić information content (AvgIpc) is 2.83. The number of nitrogens with zero attached hydrogens (tertiary/aromatic N) is 1. The van der Waals surface area contributed by atoms with Crippen molar-refractivity contribution in [3.63, 3.8) is 0 Å². The molecule has 2 atom stereocenters. The molecule has 0 spiro atoms. The van der Waals surface area contributed by atoms with Gasteiger partial charge in [0.15, 0.2) is 0 Å². The highest BCUT2D eigenvalue weighted by Crippen LogP contribution is 2.25. The maximum Gasteiger partial charge on any atom is 0.252 e. The quantitative estimate of drug-likeness (QED) is 0.774. The minimum atomic E-state index is -0.272. The molecule has 17 heavy (non-hydrogen) atoms. The Balaban J connectivity index is 1.70. The van der Waals surface area contributed by atoms with Crippen LogP contribution >= 0.6 is 0 Å². The van der Waals surface area contributed by atoms with Crippen molar-refractivity contribution in [1.82, 2.24) is 4.90 Å². The second-order valence-electron chi connectivity index (χ2n) is 4.84. The number of carbonyl (C=O) groups is 1. The van der Waals surface area contributed by atoms with Crippen LogP contribution in [0.25, 0.3) is 0 Å². The second-order valence-corrected chi connectivity index (χ2v) is 4.84. The van der Waals surface area contributed by atoms with E-state index in [0.29, 0.717) is 19.1 Å². The molecule has 0 N–H and O–H groups in total. The number of benzene rings is 1.